The second kappa shape index (κ2) is 4.80. The number of nitrogens with two attached hydrogens (primary N) is 1. The van der Waals surface area contributed by atoms with Gasteiger partial charge in [0.25, 0.3) is 0 Å². The zero-order chi connectivity index (χ0) is 11.5. The fraction of sp³-hybridized carbons (Fsp3) is 0.200. The summed E-state index contributed by atoms with van der Waals surface area (Å²) in [5.41, 5.74) is 6.70. The minimum absolute atomic E-state index is 0.332. The molecule has 2 N–H and O–H groups in total. The highest BCUT2D eigenvalue weighted by Crippen LogP contribution is 2.22. The lowest BCUT2D eigenvalue weighted by Gasteiger charge is -2.15. The second-order valence-electron chi connectivity index (χ2n) is 3.38. The van der Waals surface area contributed by atoms with E-state index in [0.29, 0.717) is 5.95 Å². The van der Waals surface area contributed by atoms with Crippen molar-refractivity contribution in [2.45, 2.75) is 6.54 Å². The van der Waals surface area contributed by atoms with E-state index in [1.54, 1.807) is 0 Å². The van der Waals surface area contributed by atoms with Gasteiger partial charge in [0.1, 0.15) is 0 Å². The van der Waals surface area contributed by atoms with E-state index in [2.05, 4.69) is 31.4 Å². The Morgan fingerprint density at radius 2 is 2.19 bits per heavy atom. The van der Waals surface area contributed by atoms with E-state index in [9.17, 15) is 0 Å². The van der Waals surface area contributed by atoms with Crippen molar-refractivity contribution in [2.24, 2.45) is 0 Å². The molecular formula is C10H11BrN4S. The number of nitrogens with zero attached hydrogens (tertiary/aromatic N) is 3. The van der Waals surface area contributed by atoms with Gasteiger partial charge in [-0.2, -0.15) is 9.36 Å². The first-order valence-electron chi connectivity index (χ1n) is 4.70. The topological polar surface area (TPSA) is 55.0 Å². The van der Waals surface area contributed by atoms with Crippen molar-refractivity contribution in [3.63, 3.8) is 0 Å². The maximum absolute atomic E-state index is 5.49. The zero-order valence-electron chi connectivity index (χ0n) is 8.72. The lowest BCUT2D eigenvalue weighted by atomic mass is 10.2. The smallest absolute Gasteiger partial charge is 0.233 e. The van der Waals surface area contributed by atoms with E-state index in [1.165, 1.54) is 17.1 Å². The van der Waals surface area contributed by atoms with Gasteiger partial charge in [-0.05, 0) is 11.6 Å². The molecular weight excluding hydrogens is 288 g/mol. The summed E-state index contributed by atoms with van der Waals surface area (Å²) in [6.45, 7) is 0.774. The molecule has 0 fully saturated rings. The summed E-state index contributed by atoms with van der Waals surface area (Å²) in [5, 5.41) is 0.827. The molecule has 0 saturated heterocycles. The molecule has 2 rings (SSSR count). The third-order valence-corrected chi connectivity index (χ3v) is 3.74. The predicted octanol–water partition coefficient (Wildman–Crippen LogP) is 2.52. The van der Waals surface area contributed by atoms with Crippen LogP contribution in [0.15, 0.2) is 28.7 Å². The summed E-state index contributed by atoms with van der Waals surface area (Å²) in [6, 6.07) is 8.11. The molecule has 0 aliphatic rings. The van der Waals surface area contributed by atoms with Crippen LogP contribution in [0.5, 0.6) is 0 Å². The van der Waals surface area contributed by atoms with Gasteiger partial charge in [0, 0.05) is 29.6 Å². The maximum atomic E-state index is 5.49. The Morgan fingerprint density at radius 3 is 2.81 bits per heavy atom. The molecule has 0 amide bonds. The molecule has 4 nitrogen and oxygen atoms in total. The molecule has 0 unspecified atom stereocenters. The molecule has 0 saturated carbocycles. The van der Waals surface area contributed by atoms with Crippen molar-refractivity contribution >= 4 is 38.5 Å². The van der Waals surface area contributed by atoms with Crippen LogP contribution in [0.3, 0.4) is 0 Å². The SMILES string of the molecule is CN(Cc1ccccc1Br)c1nc(N)ns1. The van der Waals surface area contributed by atoms with Crippen LogP contribution in [0.1, 0.15) is 5.56 Å². The van der Waals surface area contributed by atoms with Gasteiger partial charge in [-0.15, -0.1) is 0 Å². The number of hydrogen-bond acceptors (Lipinski definition) is 5. The molecule has 0 bridgehead atoms. The van der Waals surface area contributed by atoms with E-state index in [1.807, 2.05) is 30.1 Å². The van der Waals surface area contributed by atoms with Gasteiger partial charge in [-0.3, -0.25) is 0 Å². The maximum Gasteiger partial charge on any atom is 0.233 e. The van der Waals surface area contributed by atoms with Gasteiger partial charge in [0.2, 0.25) is 11.1 Å². The summed E-state index contributed by atoms with van der Waals surface area (Å²) in [5.74, 6) is 0.332. The quantitative estimate of drug-likeness (QED) is 0.946. The van der Waals surface area contributed by atoms with Crippen LogP contribution in [-0.4, -0.2) is 16.4 Å². The van der Waals surface area contributed by atoms with Gasteiger partial charge in [0.15, 0.2) is 0 Å². The fourth-order valence-electron chi connectivity index (χ4n) is 1.33. The van der Waals surface area contributed by atoms with Crippen LogP contribution in [0.25, 0.3) is 0 Å². The molecule has 0 aliphatic heterocycles. The Morgan fingerprint density at radius 1 is 1.44 bits per heavy atom. The molecule has 0 spiro atoms. The average molecular weight is 299 g/mol. The van der Waals surface area contributed by atoms with Crippen molar-refractivity contribution in [3.8, 4) is 0 Å². The minimum atomic E-state index is 0.332. The molecule has 1 aromatic carbocycles. The number of anilines is 2. The standard InChI is InChI=1S/C10H11BrN4S/c1-15(10-13-9(12)14-16-10)6-7-4-2-3-5-8(7)11/h2-5H,6H2,1H3,(H2,12,14). The third-order valence-electron chi connectivity index (χ3n) is 2.12. The Bertz CT molecular complexity index is 485. The number of nitrogen functional groups attached to an aromatic ring is 1. The minimum Gasteiger partial charge on any atom is -0.367 e. The predicted molar refractivity (Wildman–Crippen MR) is 70.6 cm³/mol. The summed E-state index contributed by atoms with van der Waals surface area (Å²) < 4.78 is 5.05. The Balaban J connectivity index is 2.13. The van der Waals surface area contributed by atoms with Crippen molar-refractivity contribution in [3.05, 3.63) is 34.3 Å². The van der Waals surface area contributed by atoms with Crippen molar-refractivity contribution in [1.82, 2.24) is 9.36 Å². The Kier molecular flexibility index (Phi) is 3.40. The molecule has 6 heteroatoms. The Hall–Kier alpha value is -1.14. The molecule has 0 atom stereocenters. The first-order chi connectivity index (χ1) is 7.66. The van der Waals surface area contributed by atoms with E-state index in [0.717, 1.165) is 16.1 Å². The van der Waals surface area contributed by atoms with Crippen molar-refractivity contribution in [2.75, 3.05) is 17.7 Å². The number of halogens is 1. The van der Waals surface area contributed by atoms with Crippen molar-refractivity contribution < 1.29 is 0 Å². The van der Waals surface area contributed by atoms with Crippen LogP contribution in [0.2, 0.25) is 0 Å². The van der Waals surface area contributed by atoms with Crippen LogP contribution in [0, 0.1) is 0 Å². The third kappa shape index (κ3) is 2.51. The lowest BCUT2D eigenvalue weighted by molar-refractivity contribution is 0.911. The first-order valence-corrected chi connectivity index (χ1v) is 6.27. The highest BCUT2D eigenvalue weighted by atomic mass is 79.9. The molecule has 2 aromatic rings. The zero-order valence-corrected chi connectivity index (χ0v) is 11.1. The van der Waals surface area contributed by atoms with Crippen LogP contribution >= 0.6 is 27.5 Å². The van der Waals surface area contributed by atoms with E-state index in [4.69, 9.17) is 5.73 Å². The molecule has 1 heterocycles. The second-order valence-corrected chi connectivity index (χ2v) is 4.97. The van der Waals surface area contributed by atoms with Gasteiger partial charge >= 0.3 is 0 Å². The van der Waals surface area contributed by atoms with E-state index >= 15 is 0 Å². The monoisotopic (exact) mass is 298 g/mol. The Labute approximate surface area is 106 Å². The first kappa shape index (κ1) is 11.3. The molecule has 84 valence electrons. The summed E-state index contributed by atoms with van der Waals surface area (Å²) >= 11 is 4.83. The number of rotatable bonds is 3. The fourth-order valence-corrected chi connectivity index (χ4v) is 2.30. The van der Waals surface area contributed by atoms with Gasteiger partial charge in [-0.25, -0.2) is 0 Å². The number of hydrogen-bond donors (Lipinski definition) is 1. The normalized spacial score (nSPS) is 10.4. The molecule has 0 radical (unpaired) electrons. The van der Waals surface area contributed by atoms with Gasteiger partial charge in [-0.1, -0.05) is 34.1 Å². The van der Waals surface area contributed by atoms with Crippen LogP contribution in [-0.2, 0) is 6.54 Å². The van der Waals surface area contributed by atoms with Crippen LogP contribution in [0.4, 0.5) is 11.1 Å². The van der Waals surface area contributed by atoms with Gasteiger partial charge < -0.3 is 10.6 Å². The van der Waals surface area contributed by atoms with E-state index in [-0.39, 0.29) is 0 Å². The number of aromatic nitrogens is 2. The molecule has 0 aliphatic carbocycles. The summed E-state index contributed by atoms with van der Waals surface area (Å²) in [6.07, 6.45) is 0. The van der Waals surface area contributed by atoms with Gasteiger partial charge in [0.05, 0.1) is 0 Å². The highest BCUT2D eigenvalue weighted by Gasteiger charge is 2.08. The summed E-state index contributed by atoms with van der Waals surface area (Å²) in [4.78, 5) is 6.15. The average Bonchev–Trinajstić information content (AvgIpc) is 2.68. The summed E-state index contributed by atoms with van der Waals surface area (Å²) in [7, 11) is 1.97. The van der Waals surface area contributed by atoms with Crippen LogP contribution < -0.4 is 10.6 Å². The number of benzene rings is 1. The highest BCUT2D eigenvalue weighted by molar-refractivity contribution is 9.10. The molecule has 1 aromatic heterocycles. The largest absolute Gasteiger partial charge is 0.367 e. The molecule has 16 heavy (non-hydrogen) atoms. The van der Waals surface area contributed by atoms with Crippen molar-refractivity contribution in [1.29, 1.82) is 0 Å². The van der Waals surface area contributed by atoms with E-state index < -0.39 is 0 Å². The lowest BCUT2D eigenvalue weighted by Crippen LogP contribution is -2.16.